The summed E-state index contributed by atoms with van der Waals surface area (Å²) in [6, 6.07) is 15.0. The maximum absolute atomic E-state index is 13.3. The van der Waals surface area contributed by atoms with Gasteiger partial charge >= 0.3 is 5.97 Å². The monoisotopic (exact) mass is 406 g/mol. The van der Waals surface area contributed by atoms with E-state index in [2.05, 4.69) is 0 Å². The third kappa shape index (κ3) is 3.98. The fraction of sp³-hybridized carbons (Fsp3) is 0.0833. The highest BCUT2D eigenvalue weighted by Gasteiger charge is 2.25. The number of aromatic carboxylic acids is 1. The number of carboxylic acid groups (broad SMARTS) is 1. The molecule has 0 saturated heterocycles. The summed E-state index contributed by atoms with van der Waals surface area (Å²) in [6.07, 6.45) is 2.22. The Labute approximate surface area is 171 Å². The van der Waals surface area contributed by atoms with Gasteiger partial charge in [0.1, 0.15) is 12.4 Å². The average Bonchev–Trinajstić information content (AvgIpc) is 3.04. The van der Waals surface area contributed by atoms with E-state index in [1.165, 1.54) is 18.2 Å². The van der Waals surface area contributed by atoms with Gasteiger partial charge in [-0.15, -0.1) is 0 Å². The minimum atomic E-state index is -1.01. The number of ether oxygens (including phenoxy) is 1. The van der Waals surface area contributed by atoms with Gasteiger partial charge < -0.3 is 9.84 Å². The van der Waals surface area contributed by atoms with Crippen molar-refractivity contribution in [3.8, 4) is 5.75 Å². The number of hydrogen-bond donors (Lipinski definition) is 1. The standard InChI is InChI=1S/C24H16F2O4/c25-21-8-3-15(10-22(21)26)13-30-19-7-6-17-11-18(23(27)20(17)12-19)9-14-1-4-16(5-2-14)24(28)29/h1-10,12H,11,13H2,(H,28,29)/b18-9+. The van der Waals surface area contributed by atoms with Crippen molar-refractivity contribution in [2.24, 2.45) is 0 Å². The van der Waals surface area contributed by atoms with Gasteiger partial charge in [-0.3, -0.25) is 4.79 Å². The SMILES string of the molecule is O=C(O)c1ccc(/C=C2\Cc3ccc(OCc4ccc(F)c(F)c4)cc3C2=O)cc1. The van der Waals surface area contributed by atoms with Crippen molar-refractivity contribution in [2.75, 3.05) is 0 Å². The number of carbonyl (C=O) groups is 2. The summed E-state index contributed by atoms with van der Waals surface area (Å²) < 4.78 is 32.0. The molecule has 0 amide bonds. The molecule has 4 nitrogen and oxygen atoms in total. The lowest BCUT2D eigenvalue weighted by Crippen LogP contribution is -1.99. The number of carbonyl (C=O) groups excluding carboxylic acids is 1. The number of ketones is 1. The van der Waals surface area contributed by atoms with Crippen molar-refractivity contribution in [2.45, 2.75) is 13.0 Å². The number of fused-ring (bicyclic) bond motifs is 1. The number of benzene rings is 3. The van der Waals surface area contributed by atoms with Gasteiger partial charge in [0.05, 0.1) is 5.56 Å². The van der Waals surface area contributed by atoms with Gasteiger partial charge in [-0.25, -0.2) is 13.6 Å². The highest BCUT2D eigenvalue weighted by Crippen LogP contribution is 2.31. The molecule has 1 N–H and O–H groups in total. The summed E-state index contributed by atoms with van der Waals surface area (Å²) in [7, 11) is 0. The number of rotatable bonds is 5. The first-order valence-corrected chi connectivity index (χ1v) is 9.19. The Morgan fingerprint density at radius 2 is 1.77 bits per heavy atom. The van der Waals surface area contributed by atoms with Crippen LogP contribution < -0.4 is 4.74 Å². The lowest BCUT2D eigenvalue weighted by Gasteiger charge is -2.08. The molecule has 6 heteroatoms. The van der Waals surface area contributed by atoms with Gasteiger partial charge in [-0.1, -0.05) is 24.3 Å². The van der Waals surface area contributed by atoms with E-state index in [4.69, 9.17) is 9.84 Å². The van der Waals surface area contributed by atoms with Gasteiger partial charge in [-0.05, 0) is 59.2 Å². The third-order valence-corrected chi connectivity index (χ3v) is 4.89. The summed E-state index contributed by atoms with van der Waals surface area (Å²) >= 11 is 0. The van der Waals surface area contributed by atoms with E-state index in [0.29, 0.717) is 28.9 Å². The van der Waals surface area contributed by atoms with E-state index in [1.807, 2.05) is 6.07 Å². The molecule has 0 radical (unpaired) electrons. The second-order valence-corrected chi connectivity index (χ2v) is 6.96. The average molecular weight is 406 g/mol. The Morgan fingerprint density at radius 3 is 2.47 bits per heavy atom. The van der Waals surface area contributed by atoms with Crippen molar-refractivity contribution in [3.05, 3.63) is 106 Å². The molecule has 0 atom stereocenters. The van der Waals surface area contributed by atoms with Crippen LogP contribution >= 0.6 is 0 Å². The largest absolute Gasteiger partial charge is 0.489 e. The highest BCUT2D eigenvalue weighted by atomic mass is 19.2. The fourth-order valence-electron chi connectivity index (χ4n) is 3.31. The molecule has 0 bridgehead atoms. The van der Waals surface area contributed by atoms with Crippen LogP contribution in [0.3, 0.4) is 0 Å². The normalized spacial score (nSPS) is 14.1. The van der Waals surface area contributed by atoms with E-state index < -0.39 is 17.6 Å². The topological polar surface area (TPSA) is 63.6 Å². The van der Waals surface area contributed by atoms with Crippen LogP contribution in [0, 0.1) is 11.6 Å². The predicted octanol–water partition coefficient (Wildman–Crippen LogP) is 5.06. The quantitative estimate of drug-likeness (QED) is 0.602. The van der Waals surface area contributed by atoms with Gasteiger partial charge in [0.25, 0.3) is 0 Å². The summed E-state index contributed by atoms with van der Waals surface area (Å²) in [5, 5.41) is 8.97. The molecule has 4 rings (SSSR count). The minimum Gasteiger partial charge on any atom is -0.489 e. The molecule has 0 fully saturated rings. The van der Waals surface area contributed by atoms with Gasteiger partial charge in [0.15, 0.2) is 17.4 Å². The zero-order chi connectivity index (χ0) is 21.3. The number of allylic oxidation sites excluding steroid dienone is 1. The van der Waals surface area contributed by atoms with Crippen LogP contribution in [-0.4, -0.2) is 16.9 Å². The van der Waals surface area contributed by atoms with Crippen LogP contribution in [0.15, 0.2) is 66.2 Å². The molecule has 0 saturated carbocycles. The van der Waals surface area contributed by atoms with Gasteiger partial charge in [-0.2, -0.15) is 0 Å². The summed E-state index contributed by atoms with van der Waals surface area (Å²) in [5.41, 5.74) is 3.41. The van der Waals surface area contributed by atoms with Crippen LogP contribution in [0.1, 0.15) is 37.4 Å². The zero-order valence-electron chi connectivity index (χ0n) is 15.7. The molecule has 0 spiro atoms. The van der Waals surface area contributed by atoms with E-state index in [1.54, 1.807) is 30.3 Å². The number of halogens is 2. The lowest BCUT2D eigenvalue weighted by molar-refractivity contribution is 0.0696. The van der Waals surface area contributed by atoms with Crippen LogP contribution in [-0.2, 0) is 13.0 Å². The smallest absolute Gasteiger partial charge is 0.335 e. The Bertz CT molecular complexity index is 1180. The van der Waals surface area contributed by atoms with Crippen LogP contribution in [0.2, 0.25) is 0 Å². The Kier molecular flexibility index (Phi) is 5.14. The van der Waals surface area contributed by atoms with E-state index in [0.717, 1.165) is 23.3 Å². The number of hydrogen-bond acceptors (Lipinski definition) is 3. The maximum atomic E-state index is 13.3. The Balaban J connectivity index is 1.49. The Hall–Kier alpha value is -3.80. The molecule has 3 aromatic rings. The summed E-state index contributed by atoms with van der Waals surface area (Å²) in [5.74, 6) is -2.52. The third-order valence-electron chi connectivity index (χ3n) is 4.89. The minimum absolute atomic E-state index is 0.0444. The van der Waals surface area contributed by atoms with Crippen molar-refractivity contribution in [1.29, 1.82) is 0 Å². The number of carboxylic acids is 1. The van der Waals surface area contributed by atoms with Crippen molar-refractivity contribution in [1.82, 2.24) is 0 Å². The highest BCUT2D eigenvalue weighted by molar-refractivity contribution is 6.15. The molecule has 150 valence electrons. The number of Topliss-reactive ketones (excluding diaryl/α,β-unsaturated/α-hetero) is 1. The lowest BCUT2D eigenvalue weighted by atomic mass is 10.1. The van der Waals surface area contributed by atoms with Crippen molar-refractivity contribution in [3.63, 3.8) is 0 Å². The van der Waals surface area contributed by atoms with Gasteiger partial charge in [0.2, 0.25) is 0 Å². The predicted molar refractivity (Wildman–Crippen MR) is 107 cm³/mol. The summed E-state index contributed by atoms with van der Waals surface area (Å²) in [4.78, 5) is 23.7. The molecule has 0 heterocycles. The molecule has 30 heavy (non-hydrogen) atoms. The van der Waals surface area contributed by atoms with E-state index >= 15 is 0 Å². The van der Waals surface area contributed by atoms with E-state index in [-0.39, 0.29) is 18.0 Å². The van der Waals surface area contributed by atoms with Crippen LogP contribution in [0.5, 0.6) is 5.75 Å². The molecule has 0 unspecified atom stereocenters. The molecule has 0 aromatic heterocycles. The summed E-state index contributed by atoms with van der Waals surface area (Å²) in [6.45, 7) is 0.0444. The van der Waals surface area contributed by atoms with E-state index in [9.17, 15) is 18.4 Å². The second-order valence-electron chi connectivity index (χ2n) is 6.96. The first-order valence-electron chi connectivity index (χ1n) is 9.19. The molecule has 3 aromatic carbocycles. The zero-order valence-corrected chi connectivity index (χ0v) is 15.7. The molecular weight excluding hydrogens is 390 g/mol. The fourth-order valence-corrected chi connectivity index (χ4v) is 3.31. The maximum Gasteiger partial charge on any atom is 0.335 e. The molecule has 0 aliphatic heterocycles. The van der Waals surface area contributed by atoms with Crippen molar-refractivity contribution < 1.29 is 28.2 Å². The molecule has 1 aliphatic carbocycles. The van der Waals surface area contributed by atoms with Crippen LogP contribution in [0.25, 0.3) is 6.08 Å². The Morgan fingerprint density at radius 1 is 1.00 bits per heavy atom. The first kappa shape index (κ1) is 19.5. The molecule has 1 aliphatic rings. The molecular formula is C24H16F2O4. The van der Waals surface area contributed by atoms with Crippen molar-refractivity contribution >= 4 is 17.8 Å². The second kappa shape index (κ2) is 7.91. The first-order chi connectivity index (χ1) is 14.4. The van der Waals surface area contributed by atoms with Gasteiger partial charge in [0, 0.05) is 17.6 Å². The van der Waals surface area contributed by atoms with Crippen LogP contribution in [0.4, 0.5) is 8.78 Å².